The van der Waals surface area contributed by atoms with Crippen molar-refractivity contribution in [2.75, 3.05) is 0 Å². The van der Waals surface area contributed by atoms with Gasteiger partial charge in [0.1, 0.15) is 4.90 Å². The topological polar surface area (TPSA) is 44.0 Å². The Bertz CT molecular complexity index is 2490. The molecule has 5 heteroatoms. The molecule has 0 bridgehead atoms. The van der Waals surface area contributed by atoms with Gasteiger partial charge in [-0.2, -0.15) is 0 Å². The quantitative estimate of drug-likeness (QED) is 0.201. The number of rotatable bonds is 2. The van der Waals surface area contributed by atoms with Crippen molar-refractivity contribution in [3.63, 3.8) is 0 Å². The lowest BCUT2D eigenvalue weighted by Crippen LogP contribution is -2.01. The molecule has 2 aromatic heterocycles. The van der Waals surface area contributed by atoms with E-state index in [1.807, 2.05) is 18.2 Å². The lowest BCUT2D eigenvalue weighted by molar-refractivity contribution is 0.599. The van der Waals surface area contributed by atoms with Crippen molar-refractivity contribution in [2.24, 2.45) is 0 Å². The largest absolute Gasteiger partial charge is 0.309 e. The van der Waals surface area contributed by atoms with Gasteiger partial charge in [-0.1, -0.05) is 59.7 Å². The van der Waals surface area contributed by atoms with Crippen LogP contribution in [-0.2, 0) is 16.3 Å². The number of sulfone groups is 1. The Kier molecular flexibility index (Phi) is 5.01. The molecule has 0 saturated heterocycles. The van der Waals surface area contributed by atoms with Crippen molar-refractivity contribution >= 4 is 31.6 Å². The first-order valence-corrected chi connectivity index (χ1v) is 16.5. The van der Waals surface area contributed by atoms with E-state index in [0.29, 0.717) is 9.79 Å². The molecule has 0 unspecified atom stereocenters. The Hall–Kier alpha value is -4.87. The van der Waals surface area contributed by atoms with E-state index in [0.717, 1.165) is 73.4 Å². The Labute approximate surface area is 256 Å². The predicted molar refractivity (Wildman–Crippen MR) is 178 cm³/mol. The van der Waals surface area contributed by atoms with Crippen LogP contribution in [0.15, 0.2) is 107 Å². The van der Waals surface area contributed by atoms with Crippen molar-refractivity contribution in [2.45, 2.75) is 43.9 Å². The smallest absolute Gasteiger partial charge is 0.210 e. The zero-order chi connectivity index (χ0) is 30.1. The van der Waals surface area contributed by atoms with E-state index in [-0.39, 0.29) is 0 Å². The van der Waals surface area contributed by atoms with Crippen LogP contribution >= 0.6 is 0 Å². The standard InChI is InChI=1S/C39H30N2O2S/c1-22-5-11-27(12-6-22)40-34-17-24(3)9-15-29(34)32-19-26-20-33-36(21-31(26)37(32)40)44(42,43)39-30-16-10-25(4)18-35(30)41(38(33)39)28-13-7-23(2)8-14-28/h5-18,20-21H,19H2,1-4H3. The molecule has 0 amide bonds. The van der Waals surface area contributed by atoms with Crippen molar-refractivity contribution in [3.05, 3.63) is 130 Å². The molecular weight excluding hydrogens is 561 g/mol. The van der Waals surface area contributed by atoms with Crippen LogP contribution < -0.4 is 0 Å². The molecule has 7 aromatic rings. The Morgan fingerprint density at radius 3 is 1.68 bits per heavy atom. The fourth-order valence-corrected chi connectivity index (χ4v) is 9.29. The molecule has 0 saturated carbocycles. The van der Waals surface area contributed by atoms with Crippen molar-refractivity contribution in [1.29, 1.82) is 0 Å². The molecular formula is C39H30N2O2S. The van der Waals surface area contributed by atoms with E-state index >= 15 is 0 Å². The first-order valence-electron chi connectivity index (χ1n) is 15.1. The van der Waals surface area contributed by atoms with Crippen LogP contribution in [0.3, 0.4) is 0 Å². The maximum absolute atomic E-state index is 14.6. The third-order valence-corrected chi connectivity index (χ3v) is 11.4. The van der Waals surface area contributed by atoms with E-state index < -0.39 is 9.84 Å². The van der Waals surface area contributed by atoms with Crippen LogP contribution in [0.4, 0.5) is 0 Å². The van der Waals surface area contributed by atoms with Gasteiger partial charge in [-0.15, -0.1) is 0 Å². The Morgan fingerprint density at radius 2 is 1.07 bits per heavy atom. The summed E-state index contributed by atoms with van der Waals surface area (Å²) in [5.74, 6) is 0. The number of nitrogens with zero attached hydrogens (tertiary/aromatic N) is 2. The van der Waals surface area contributed by atoms with Gasteiger partial charge in [0.15, 0.2) is 0 Å². The zero-order valence-corrected chi connectivity index (χ0v) is 25.9. The number of hydrogen-bond acceptors (Lipinski definition) is 2. The van der Waals surface area contributed by atoms with Crippen molar-refractivity contribution in [1.82, 2.24) is 9.13 Å². The zero-order valence-electron chi connectivity index (χ0n) is 25.1. The summed E-state index contributed by atoms with van der Waals surface area (Å²) in [6, 6.07) is 33.8. The molecule has 0 N–H and O–H groups in total. The molecule has 0 atom stereocenters. The molecule has 1 aliphatic carbocycles. The van der Waals surface area contributed by atoms with E-state index in [1.165, 1.54) is 22.1 Å². The third-order valence-electron chi connectivity index (χ3n) is 9.53. The monoisotopic (exact) mass is 590 g/mol. The van der Waals surface area contributed by atoms with Crippen molar-refractivity contribution < 1.29 is 8.42 Å². The van der Waals surface area contributed by atoms with E-state index in [4.69, 9.17) is 0 Å². The minimum absolute atomic E-state index is 0.398. The summed E-state index contributed by atoms with van der Waals surface area (Å²) in [5.41, 5.74) is 14.9. The second kappa shape index (κ2) is 8.61. The number of aryl methyl sites for hydroxylation is 4. The van der Waals surface area contributed by atoms with Gasteiger partial charge in [0.2, 0.25) is 9.84 Å². The molecule has 44 heavy (non-hydrogen) atoms. The highest BCUT2D eigenvalue weighted by atomic mass is 32.2. The predicted octanol–water partition coefficient (Wildman–Crippen LogP) is 9.19. The summed E-state index contributed by atoms with van der Waals surface area (Å²) in [7, 11) is -3.77. The maximum Gasteiger partial charge on any atom is 0.210 e. The Balaban J connectivity index is 1.35. The van der Waals surface area contributed by atoms with Crippen LogP contribution in [-0.4, -0.2) is 17.6 Å². The van der Waals surface area contributed by atoms with E-state index in [2.05, 4.69) is 116 Å². The van der Waals surface area contributed by atoms with Crippen LogP contribution in [0.5, 0.6) is 0 Å². The molecule has 0 spiro atoms. The highest BCUT2D eigenvalue weighted by Gasteiger charge is 2.41. The van der Waals surface area contributed by atoms with Crippen molar-refractivity contribution in [3.8, 4) is 33.9 Å². The number of aromatic nitrogens is 2. The normalized spacial score (nSPS) is 14.2. The van der Waals surface area contributed by atoms with E-state index in [9.17, 15) is 8.42 Å². The van der Waals surface area contributed by atoms with Crippen LogP contribution in [0.1, 0.15) is 33.4 Å². The first-order chi connectivity index (χ1) is 21.2. The van der Waals surface area contributed by atoms with Gasteiger partial charge in [-0.05, 0) is 98.5 Å². The summed E-state index contributed by atoms with van der Waals surface area (Å²) < 4.78 is 33.6. The first kappa shape index (κ1) is 25.6. The molecule has 0 radical (unpaired) electrons. The molecule has 1 aliphatic heterocycles. The van der Waals surface area contributed by atoms with Crippen LogP contribution in [0, 0.1) is 27.7 Å². The molecule has 3 heterocycles. The number of benzene rings is 5. The lowest BCUT2D eigenvalue weighted by Gasteiger charge is -2.15. The van der Waals surface area contributed by atoms with Crippen LogP contribution in [0.25, 0.3) is 55.7 Å². The minimum Gasteiger partial charge on any atom is -0.309 e. The average Bonchev–Trinajstić information content (AvgIpc) is 3.68. The summed E-state index contributed by atoms with van der Waals surface area (Å²) in [4.78, 5) is 0.816. The molecule has 5 aromatic carbocycles. The minimum atomic E-state index is -3.77. The SMILES string of the molecule is Cc1ccc(-n2c3c(c4ccc(C)cc42)Cc2cc4c(cc2-3)S(=O)(=O)c2c-4n(-c3ccc(C)cc3)c3cc(C)ccc23)cc1. The van der Waals surface area contributed by atoms with Gasteiger partial charge < -0.3 is 9.13 Å². The highest BCUT2D eigenvalue weighted by Crippen LogP contribution is 2.54. The number of hydrogen-bond donors (Lipinski definition) is 0. The van der Waals surface area contributed by atoms with Gasteiger partial charge in [0.25, 0.3) is 0 Å². The molecule has 0 fully saturated rings. The van der Waals surface area contributed by atoms with Gasteiger partial charge in [0.05, 0.1) is 27.3 Å². The van der Waals surface area contributed by atoms with Gasteiger partial charge >= 0.3 is 0 Å². The second-order valence-corrected chi connectivity index (χ2v) is 14.4. The van der Waals surface area contributed by atoms with Gasteiger partial charge in [-0.3, -0.25) is 0 Å². The molecule has 2 aliphatic rings. The third kappa shape index (κ3) is 3.30. The second-order valence-electron chi connectivity index (χ2n) is 12.6. The fourth-order valence-electron chi connectivity index (χ4n) is 7.43. The number of fused-ring (bicyclic) bond motifs is 10. The van der Waals surface area contributed by atoms with E-state index in [1.54, 1.807) is 0 Å². The Morgan fingerprint density at radius 1 is 0.545 bits per heavy atom. The average molecular weight is 591 g/mol. The fraction of sp³-hybridized carbons (Fsp3) is 0.128. The van der Waals surface area contributed by atoms with Gasteiger partial charge in [-0.25, -0.2) is 8.42 Å². The summed E-state index contributed by atoms with van der Waals surface area (Å²) in [6.45, 7) is 8.34. The summed E-state index contributed by atoms with van der Waals surface area (Å²) in [6.07, 6.45) is 0.760. The molecule has 9 rings (SSSR count). The molecule has 214 valence electrons. The molecule has 4 nitrogen and oxygen atoms in total. The maximum atomic E-state index is 14.6. The lowest BCUT2D eigenvalue weighted by atomic mass is 10.0. The summed E-state index contributed by atoms with van der Waals surface area (Å²) >= 11 is 0. The summed E-state index contributed by atoms with van der Waals surface area (Å²) in [5, 5.41) is 1.99. The van der Waals surface area contributed by atoms with Gasteiger partial charge in [0, 0.05) is 39.7 Å². The van der Waals surface area contributed by atoms with Crippen LogP contribution in [0.2, 0.25) is 0 Å². The highest BCUT2D eigenvalue weighted by molar-refractivity contribution is 7.92.